The highest BCUT2D eigenvalue weighted by molar-refractivity contribution is 9.10. The van der Waals surface area contributed by atoms with Crippen LogP contribution in [0.3, 0.4) is 0 Å². The average molecular weight is 286 g/mol. The monoisotopic (exact) mass is 285 g/mol. The van der Waals surface area contributed by atoms with Gasteiger partial charge in [0.15, 0.2) is 0 Å². The van der Waals surface area contributed by atoms with Crippen molar-refractivity contribution in [3.05, 3.63) is 22.4 Å². The van der Waals surface area contributed by atoms with Gasteiger partial charge in [-0.15, -0.1) is 0 Å². The molecule has 0 radical (unpaired) electrons. The van der Waals surface area contributed by atoms with E-state index in [4.69, 9.17) is 5.11 Å². The summed E-state index contributed by atoms with van der Waals surface area (Å²) in [7, 11) is 0. The number of rotatable bonds is 3. The molecule has 0 spiro atoms. The van der Waals surface area contributed by atoms with Crippen molar-refractivity contribution < 1.29 is 9.90 Å². The second-order valence-corrected chi connectivity index (χ2v) is 5.46. The van der Waals surface area contributed by atoms with E-state index >= 15 is 0 Å². The third-order valence-electron chi connectivity index (χ3n) is 3.56. The van der Waals surface area contributed by atoms with Crippen LogP contribution in [0.1, 0.15) is 49.1 Å². The van der Waals surface area contributed by atoms with Gasteiger partial charge < -0.3 is 9.67 Å². The highest BCUT2D eigenvalue weighted by Crippen LogP contribution is 2.35. The normalized spacial score (nSPS) is 18.9. The molecule has 0 aliphatic heterocycles. The SMILES string of the molecule is CC(C1CCCC1)n1cc(Br)cc1C(=O)O. The third kappa shape index (κ3) is 2.17. The number of nitrogens with zero attached hydrogens (tertiary/aromatic N) is 1. The van der Waals surface area contributed by atoms with E-state index in [0.717, 1.165) is 4.47 Å². The van der Waals surface area contributed by atoms with Gasteiger partial charge in [0.05, 0.1) is 0 Å². The molecule has 1 fully saturated rings. The summed E-state index contributed by atoms with van der Waals surface area (Å²) < 4.78 is 2.73. The van der Waals surface area contributed by atoms with Crippen LogP contribution in [0.4, 0.5) is 0 Å². The van der Waals surface area contributed by atoms with Crippen molar-refractivity contribution in [3.63, 3.8) is 0 Å². The summed E-state index contributed by atoms with van der Waals surface area (Å²) in [6, 6.07) is 1.95. The van der Waals surface area contributed by atoms with Gasteiger partial charge in [0, 0.05) is 16.7 Å². The zero-order chi connectivity index (χ0) is 11.7. The first-order valence-corrected chi connectivity index (χ1v) is 6.49. The Kier molecular flexibility index (Phi) is 3.38. The quantitative estimate of drug-likeness (QED) is 0.920. The van der Waals surface area contributed by atoms with Gasteiger partial charge in [-0.2, -0.15) is 0 Å². The first kappa shape index (κ1) is 11.7. The number of hydrogen-bond donors (Lipinski definition) is 1. The molecule has 1 N–H and O–H groups in total. The van der Waals surface area contributed by atoms with Crippen LogP contribution in [0.15, 0.2) is 16.7 Å². The fourth-order valence-corrected chi connectivity index (χ4v) is 3.06. The first-order valence-electron chi connectivity index (χ1n) is 5.70. The van der Waals surface area contributed by atoms with Crippen molar-refractivity contribution in [2.75, 3.05) is 0 Å². The summed E-state index contributed by atoms with van der Waals surface area (Å²) in [4.78, 5) is 11.1. The Hall–Kier alpha value is -0.770. The predicted molar refractivity (Wildman–Crippen MR) is 65.8 cm³/mol. The summed E-state index contributed by atoms with van der Waals surface area (Å²) in [6.07, 6.45) is 6.87. The predicted octanol–water partition coefficient (Wildman–Crippen LogP) is 3.70. The molecule has 88 valence electrons. The minimum absolute atomic E-state index is 0.278. The molecule has 1 unspecified atom stereocenters. The molecule has 1 aromatic rings. The standard InChI is InChI=1S/C12H16BrNO2/c1-8(9-4-2-3-5-9)14-7-10(13)6-11(14)12(15)16/h6-9H,2-5H2,1H3,(H,15,16). The first-order chi connectivity index (χ1) is 7.59. The largest absolute Gasteiger partial charge is 0.477 e. The van der Waals surface area contributed by atoms with Gasteiger partial charge in [0.1, 0.15) is 5.69 Å². The molecular weight excluding hydrogens is 270 g/mol. The van der Waals surface area contributed by atoms with Crippen LogP contribution in [0.25, 0.3) is 0 Å². The minimum Gasteiger partial charge on any atom is -0.477 e. The van der Waals surface area contributed by atoms with Crippen LogP contribution in [0.2, 0.25) is 0 Å². The summed E-state index contributed by atoms with van der Waals surface area (Å²) in [5.41, 5.74) is 0.381. The maximum absolute atomic E-state index is 11.1. The van der Waals surface area contributed by atoms with Crippen LogP contribution >= 0.6 is 15.9 Å². The van der Waals surface area contributed by atoms with Crippen molar-refractivity contribution in [2.45, 2.75) is 38.6 Å². The molecular formula is C12H16BrNO2. The minimum atomic E-state index is -0.851. The Morgan fingerprint density at radius 2 is 2.19 bits per heavy atom. The van der Waals surface area contributed by atoms with Gasteiger partial charge in [0.2, 0.25) is 0 Å². The van der Waals surface area contributed by atoms with E-state index in [1.165, 1.54) is 25.7 Å². The van der Waals surface area contributed by atoms with Crippen LogP contribution < -0.4 is 0 Å². The zero-order valence-corrected chi connectivity index (χ0v) is 10.9. The summed E-state index contributed by atoms with van der Waals surface area (Å²) >= 11 is 3.34. The lowest BCUT2D eigenvalue weighted by Gasteiger charge is -2.22. The molecule has 1 heterocycles. The van der Waals surface area contributed by atoms with E-state index in [1.807, 2.05) is 10.8 Å². The molecule has 1 aromatic heterocycles. The molecule has 16 heavy (non-hydrogen) atoms. The van der Waals surface area contributed by atoms with E-state index < -0.39 is 5.97 Å². The van der Waals surface area contributed by atoms with Crippen molar-refractivity contribution in [3.8, 4) is 0 Å². The highest BCUT2D eigenvalue weighted by atomic mass is 79.9. The van der Waals surface area contributed by atoms with Crippen molar-refractivity contribution >= 4 is 21.9 Å². The topological polar surface area (TPSA) is 42.2 Å². The van der Waals surface area contributed by atoms with Crippen molar-refractivity contribution in [2.24, 2.45) is 5.92 Å². The Labute approximate surface area is 104 Å². The Bertz CT molecular complexity index is 394. The smallest absolute Gasteiger partial charge is 0.352 e. The summed E-state index contributed by atoms with van der Waals surface area (Å²) in [5, 5.41) is 9.13. The number of hydrogen-bond acceptors (Lipinski definition) is 1. The van der Waals surface area contributed by atoms with Gasteiger partial charge in [-0.05, 0) is 47.7 Å². The van der Waals surface area contributed by atoms with E-state index in [0.29, 0.717) is 11.6 Å². The molecule has 1 aliphatic rings. The van der Waals surface area contributed by atoms with E-state index in [2.05, 4.69) is 22.9 Å². The molecule has 3 nitrogen and oxygen atoms in total. The molecule has 0 aromatic carbocycles. The lowest BCUT2D eigenvalue weighted by Crippen LogP contribution is -2.17. The zero-order valence-electron chi connectivity index (χ0n) is 9.32. The Morgan fingerprint density at radius 1 is 1.56 bits per heavy atom. The summed E-state index contributed by atoms with van der Waals surface area (Å²) in [6.45, 7) is 2.12. The molecule has 0 saturated heterocycles. The van der Waals surface area contributed by atoms with Crippen LogP contribution in [-0.2, 0) is 0 Å². The Balaban J connectivity index is 2.27. The lowest BCUT2D eigenvalue weighted by atomic mass is 9.99. The third-order valence-corrected chi connectivity index (χ3v) is 3.99. The van der Waals surface area contributed by atoms with Gasteiger partial charge in [0.25, 0.3) is 0 Å². The van der Waals surface area contributed by atoms with E-state index in [-0.39, 0.29) is 6.04 Å². The summed E-state index contributed by atoms with van der Waals surface area (Å²) in [5.74, 6) is -0.229. The number of halogens is 1. The number of carboxylic acids is 1. The average Bonchev–Trinajstić information content (AvgIpc) is 2.84. The van der Waals surface area contributed by atoms with Crippen molar-refractivity contribution in [1.29, 1.82) is 0 Å². The van der Waals surface area contributed by atoms with Gasteiger partial charge in [-0.1, -0.05) is 12.8 Å². The maximum atomic E-state index is 11.1. The van der Waals surface area contributed by atoms with Crippen molar-refractivity contribution in [1.82, 2.24) is 4.57 Å². The number of carboxylic acid groups (broad SMARTS) is 1. The second kappa shape index (κ2) is 4.62. The highest BCUT2D eigenvalue weighted by Gasteiger charge is 2.25. The molecule has 1 saturated carbocycles. The van der Waals surface area contributed by atoms with Gasteiger partial charge in [-0.3, -0.25) is 0 Å². The lowest BCUT2D eigenvalue weighted by molar-refractivity contribution is 0.0681. The fourth-order valence-electron chi connectivity index (χ4n) is 2.62. The van der Waals surface area contributed by atoms with Crippen LogP contribution in [0.5, 0.6) is 0 Å². The van der Waals surface area contributed by atoms with Crippen LogP contribution in [-0.4, -0.2) is 15.6 Å². The Morgan fingerprint density at radius 3 is 2.75 bits per heavy atom. The molecule has 0 amide bonds. The molecule has 4 heteroatoms. The molecule has 2 rings (SSSR count). The van der Waals surface area contributed by atoms with Gasteiger partial charge in [-0.25, -0.2) is 4.79 Å². The maximum Gasteiger partial charge on any atom is 0.352 e. The molecule has 1 aliphatic carbocycles. The fraction of sp³-hybridized carbons (Fsp3) is 0.583. The van der Waals surface area contributed by atoms with E-state index in [1.54, 1.807) is 6.07 Å². The molecule has 0 bridgehead atoms. The van der Waals surface area contributed by atoms with E-state index in [9.17, 15) is 4.79 Å². The number of aromatic nitrogens is 1. The van der Waals surface area contributed by atoms with Crippen LogP contribution in [0, 0.1) is 5.92 Å². The second-order valence-electron chi connectivity index (χ2n) is 4.54. The molecule has 1 atom stereocenters. The van der Waals surface area contributed by atoms with Gasteiger partial charge >= 0.3 is 5.97 Å². The number of carbonyl (C=O) groups is 1. The number of aromatic carboxylic acids is 1.